The number of hydrogen-bond acceptors (Lipinski definition) is 3. The van der Waals surface area contributed by atoms with Gasteiger partial charge in [-0.2, -0.15) is 0 Å². The van der Waals surface area contributed by atoms with Crippen molar-refractivity contribution in [2.24, 2.45) is 5.73 Å². The number of nitrogens with one attached hydrogen (secondary N) is 1. The minimum Gasteiger partial charge on any atom is -0.380 e. The first kappa shape index (κ1) is 15.0. The number of halogens is 1. The van der Waals surface area contributed by atoms with E-state index in [-0.39, 0.29) is 6.04 Å². The van der Waals surface area contributed by atoms with Crippen LogP contribution in [0.15, 0.2) is 53.0 Å². The van der Waals surface area contributed by atoms with Crippen LogP contribution in [-0.4, -0.2) is 13.7 Å². The highest BCUT2D eigenvalue weighted by atomic mass is 79.9. The summed E-state index contributed by atoms with van der Waals surface area (Å²) in [6, 6.07) is 16.5. The molecule has 3 N–H and O–H groups in total. The van der Waals surface area contributed by atoms with E-state index >= 15 is 0 Å². The zero-order chi connectivity index (χ0) is 14.4. The average molecular weight is 335 g/mol. The minimum atomic E-state index is 0.0882. The molecule has 0 aromatic heterocycles. The molecule has 2 aromatic carbocycles. The molecular weight excluding hydrogens is 316 g/mol. The van der Waals surface area contributed by atoms with E-state index in [0.29, 0.717) is 13.2 Å². The standard InChI is InChI=1S/C16H19BrN2O/c1-20-11-12-6-8-13(9-7-12)16(10-18)19-15-5-3-2-4-14(15)17/h2-9,16,19H,10-11,18H2,1H3. The van der Waals surface area contributed by atoms with Crippen LogP contribution in [0.3, 0.4) is 0 Å². The van der Waals surface area contributed by atoms with E-state index in [1.54, 1.807) is 7.11 Å². The smallest absolute Gasteiger partial charge is 0.0713 e. The number of methoxy groups -OCH3 is 1. The summed E-state index contributed by atoms with van der Waals surface area (Å²) in [7, 11) is 1.70. The van der Waals surface area contributed by atoms with Crippen LogP contribution in [-0.2, 0) is 11.3 Å². The Kier molecular flexibility index (Phi) is 5.59. The fraction of sp³-hybridized carbons (Fsp3) is 0.250. The normalized spacial score (nSPS) is 12.2. The Balaban J connectivity index is 2.13. The molecule has 0 saturated carbocycles. The first-order valence-electron chi connectivity index (χ1n) is 6.53. The van der Waals surface area contributed by atoms with E-state index in [2.05, 4.69) is 45.5 Å². The highest BCUT2D eigenvalue weighted by Gasteiger charge is 2.10. The monoisotopic (exact) mass is 334 g/mol. The number of benzene rings is 2. The third-order valence-corrected chi connectivity index (χ3v) is 3.82. The lowest BCUT2D eigenvalue weighted by Crippen LogP contribution is -2.20. The third kappa shape index (κ3) is 3.82. The molecule has 0 spiro atoms. The molecule has 2 aromatic rings. The van der Waals surface area contributed by atoms with Gasteiger partial charge in [-0.05, 0) is 39.2 Å². The maximum atomic E-state index is 5.90. The molecule has 2 rings (SSSR count). The molecule has 1 atom stereocenters. The van der Waals surface area contributed by atoms with Crippen molar-refractivity contribution in [3.63, 3.8) is 0 Å². The van der Waals surface area contributed by atoms with Crippen molar-refractivity contribution in [1.82, 2.24) is 0 Å². The van der Waals surface area contributed by atoms with E-state index < -0.39 is 0 Å². The van der Waals surface area contributed by atoms with Gasteiger partial charge in [-0.25, -0.2) is 0 Å². The summed E-state index contributed by atoms with van der Waals surface area (Å²) in [4.78, 5) is 0. The van der Waals surface area contributed by atoms with Crippen LogP contribution in [0.25, 0.3) is 0 Å². The summed E-state index contributed by atoms with van der Waals surface area (Å²) in [5, 5.41) is 3.46. The molecule has 0 aliphatic rings. The Morgan fingerprint density at radius 3 is 2.45 bits per heavy atom. The molecule has 0 radical (unpaired) electrons. The number of anilines is 1. The van der Waals surface area contributed by atoms with Gasteiger partial charge in [0.05, 0.1) is 12.6 Å². The van der Waals surface area contributed by atoms with Gasteiger partial charge in [0.15, 0.2) is 0 Å². The van der Waals surface area contributed by atoms with Gasteiger partial charge in [0.2, 0.25) is 0 Å². The number of nitrogens with two attached hydrogens (primary N) is 1. The van der Waals surface area contributed by atoms with Gasteiger partial charge in [-0.3, -0.25) is 0 Å². The van der Waals surface area contributed by atoms with Gasteiger partial charge in [-0.15, -0.1) is 0 Å². The molecule has 0 fully saturated rings. The number of ether oxygens (including phenoxy) is 1. The molecule has 4 heteroatoms. The Morgan fingerprint density at radius 1 is 1.15 bits per heavy atom. The lowest BCUT2D eigenvalue weighted by Gasteiger charge is -2.20. The minimum absolute atomic E-state index is 0.0882. The number of hydrogen-bond donors (Lipinski definition) is 2. The molecule has 3 nitrogen and oxygen atoms in total. The van der Waals surface area contributed by atoms with Crippen LogP contribution in [0.4, 0.5) is 5.69 Å². The highest BCUT2D eigenvalue weighted by Crippen LogP contribution is 2.26. The average Bonchev–Trinajstić information content (AvgIpc) is 2.48. The summed E-state index contributed by atoms with van der Waals surface area (Å²) in [6.45, 7) is 1.16. The van der Waals surface area contributed by atoms with Gasteiger partial charge in [0, 0.05) is 23.8 Å². The van der Waals surface area contributed by atoms with Crippen LogP contribution >= 0.6 is 15.9 Å². The van der Waals surface area contributed by atoms with Crippen LogP contribution in [0.1, 0.15) is 17.2 Å². The lowest BCUT2D eigenvalue weighted by atomic mass is 10.0. The second-order valence-electron chi connectivity index (χ2n) is 4.59. The Bertz CT molecular complexity index is 542. The first-order chi connectivity index (χ1) is 9.74. The number of rotatable bonds is 6. The molecule has 106 valence electrons. The van der Waals surface area contributed by atoms with Gasteiger partial charge in [0.25, 0.3) is 0 Å². The molecular formula is C16H19BrN2O. The largest absolute Gasteiger partial charge is 0.380 e. The van der Waals surface area contributed by atoms with Crippen LogP contribution in [0.2, 0.25) is 0 Å². The van der Waals surface area contributed by atoms with Gasteiger partial charge >= 0.3 is 0 Å². The maximum absolute atomic E-state index is 5.90. The lowest BCUT2D eigenvalue weighted by molar-refractivity contribution is 0.185. The fourth-order valence-corrected chi connectivity index (χ4v) is 2.46. The molecule has 0 heterocycles. The topological polar surface area (TPSA) is 47.3 Å². The number of para-hydroxylation sites is 1. The van der Waals surface area contributed by atoms with Crippen molar-refractivity contribution >= 4 is 21.6 Å². The van der Waals surface area contributed by atoms with Crippen molar-refractivity contribution in [2.75, 3.05) is 19.0 Å². The molecule has 0 amide bonds. The molecule has 1 unspecified atom stereocenters. The fourth-order valence-electron chi connectivity index (χ4n) is 2.06. The summed E-state index contributed by atoms with van der Waals surface area (Å²) in [5.74, 6) is 0. The molecule has 20 heavy (non-hydrogen) atoms. The van der Waals surface area contributed by atoms with E-state index in [0.717, 1.165) is 15.7 Å². The molecule has 0 saturated heterocycles. The van der Waals surface area contributed by atoms with Crippen LogP contribution < -0.4 is 11.1 Å². The van der Waals surface area contributed by atoms with E-state index in [4.69, 9.17) is 10.5 Å². The van der Waals surface area contributed by atoms with Gasteiger partial charge in [-0.1, -0.05) is 36.4 Å². The SMILES string of the molecule is COCc1ccc(C(CN)Nc2ccccc2Br)cc1. The van der Waals surface area contributed by atoms with E-state index in [1.165, 1.54) is 5.56 Å². The Morgan fingerprint density at radius 2 is 1.85 bits per heavy atom. The maximum Gasteiger partial charge on any atom is 0.0713 e. The second-order valence-corrected chi connectivity index (χ2v) is 5.44. The first-order valence-corrected chi connectivity index (χ1v) is 7.33. The second kappa shape index (κ2) is 7.43. The Hall–Kier alpha value is -1.36. The van der Waals surface area contributed by atoms with E-state index in [9.17, 15) is 0 Å². The molecule has 0 aliphatic carbocycles. The summed E-state index contributed by atoms with van der Waals surface area (Å²) < 4.78 is 6.16. The van der Waals surface area contributed by atoms with E-state index in [1.807, 2.05) is 24.3 Å². The van der Waals surface area contributed by atoms with Crippen molar-refractivity contribution in [3.8, 4) is 0 Å². The quantitative estimate of drug-likeness (QED) is 0.846. The summed E-state index contributed by atoms with van der Waals surface area (Å²) in [5.41, 5.74) is 9.27. The van der Waals surface area contributed by atoms with Crippen molar-refractivity contribution in [2.45, 2.75) is 12.6 Å². The summed E-state index contributed by atoms with van der Waals surface area (Å²) >= 11 is 3.54. The van der Waals surface area contributed by atoms with Crippen LogP contribution in [0.5, 0.6) is 0 Å². The zero-order valence-corrected chi connectivity index (χ0v) is 13.1. The predicted octanol–water partition coefficient (Wildman–Crippen LogP) is 3.71. The van der Waals surface area contributed by atoms with Crippen molar-refractivity contribution < 1.29 is 4.74 Å². The van der Waals surface area contributed by atoms with Gasteiger partial charge < -0.3 is 15.8 Å². The molecule has 0 bridgehead atoms. The van der Waals surface area contributed by atoms with Crippen molar-refractivity contribution in [3.05, 3.63) is 64.1 Å². The summed E-state index contributed by atoms with van der Waals surface area (Å²) in [6.07, 6.45) is 0. The van der Waals surface area contributed by atoms with Gasteiger partial charge in [0.1, 0.15) is 0 Å². The predicted molar refractivity (Wildman–Crippen MR) is 86.7 cm³/mol. The Labute approximate surface area is 128 Å². The zero-order valence-electron chi connectivity index (χ0n) is 11.5. The van der Waals surface area contributed by atoms with Crippen molar-refractivity contribution in [1.29, 1.82) is 0 Å². The van der Waals surface area contributed by atoms with Crippen LogP contribution in [0, 0.1) is 0 Å². The highest BCUT2D eigenvalue weighted by molar-refractivity contribution is 9.10. The third-order valence-electron chi connectivity index (χ3n) is 3.13. The molecule has 0 aliphatic heterocycles.